The SMILES string of the molecule is COc1ccc(CC2CCN(C(=O)c3nc4nc(C)cc(C)n4n3)C2)cc1OC. The van der Waals surface area contributed by atoms with Gasteiger partial charge in [-0.2, -0.15) is 4.98 Å². The summed E-state index contributed by atoms with van der Waals surface area (Å²) >= 11 is 0. The van der Waals surface area contributed by atoms with Crippen molar-refractivity contribution in [2.45, 2.75) is 26.7 Å². The molecule has 0 bridgehead atoms. The molecule has 1 aliphatic rings. The van der Waals surface area contributed by atoms with Gasteiger partial charge >= 0.3 is 0 Å². The van der Waals surface area contributed by atoms with E-state index in [0.29, 0.717) is 24.8 Å². The van der Waals surface area contributed by atoms with Gasteiger partial charge in [0.1, 0.15) is 0 Å². The second kappa shape index (κ2) is 7.69. The van der Waals surface area contributed by atoms with E-state index in [9.17, 15) is 4.79 Å². The molecule has 3 heterocycles. The fourth-order valence-corrected chi connectivity index (χ4v) is 3.92. The molecule has 8 nitrogen and oxygen atoms in total. The lowest BCUT2D eigenvalue weighted by molar-refractivity contribution is 0.0775. The molecule has 1 amide bonds. The van der Waals surface area contributed by atoms with E-state index < -0.39 is 0 Å². The monoisotopic (exact) mass is 395 g/mol. The molecule has 29 heavy (non-hydrogen) atoms. The van der Waals surface area contributed by atoms with Gasteiger partial charge in [0.25, 0.3) is 11.7 Å². The molecule has 1 unspecified atom stereocenters. The molecule has 2 aromatic heterocycles. The Hall–Kier alpha value is -3.16. The minimum absolute atomic E-state index is 0.137. The zero-order valence-corrected chi connectivity index (χ0v) is 17.2. The highest BCUT2D eigenvalue weighted by molar-refractivity contribution is 5.91. The van der Waals surface area contributed by atoms with E-state index in [1.54, 1.807) is 18.7 Å². The van der Waals surface area contributed by atoms with Gasteiger partial charge in [-0.1, -0.05) is 6.07 Å². The number of aromatic nitrogens is 4. The number of fused-ring (bicyclic) bond motifs is 1. The molecule has 0 N–H and O–H groups in total. The molecule has 4 rings (SSSR count). The zero-order chi connectivity index (χ0) is 20.5. The number of rotatable bonds is 5. The zero-order valence-electron chi connectivity index (χ0n) is 17.2. The van der Waals surface area contributed by atoms with Crippen molar-refractivity contribution in [3.05, 3.63) is 47.0 Å². The summed E-state index contributed by atoms with van der Waals surface area (Å²) in [5.41, 5.74) is 2.94. The van der Waals surface area contributed by atoms with Crippen molar-refractivity contribution in [2.24, 2.45) is 5.92 Å². The predicted octanol–water partition coefficient (Wildman–Crippen LogP) is 2.46. The highest BCUT2D eigenvalue weighted by atomic mass is 16.5. The third kappa shape index (κ3) is 3.74. The largest absolute Gasteiger partial charge is 0.493 e. The van der Waals surface area contributed by atoms with Crippen molar-refractivity contribution in [2.75, 3.05) is 27.3 Å². The summed E-state index contributed by atoms with van der Waals surface area (Å²) < 4.78 is 12.3. The Labute approximate surface area is 169 Å². The third-order valence-electron chi connectivity index (χ3n) is 5.35. The standard InChI is InChI=1S/C21H25N5O3/c1-13-9-14(2)26-21(22-13)23-19(24-26)20(27)25-8-7-16(12-25)10-15-5-6-17(28-3)18(11-15)29-4/h5-6,9,11,16H,7-8,10,12H2,1-4H3. The fourth-order valence-electron chi connectivity index (χ4n) is 3.92. The molecule has 1 saturated heterocycles. The summed E-state index contributed by atoms with van der Waals surface area (Å²) in [6.45, 7) is 5.23. The maximum Gasteiger partial charge on any atom is 0.293 e. The van der Waals surface area contributed by atoms with Crippen LogP contribution in [-0.4, -0.2) is 57.7 Å². The fraction of sp³-hybridized carbons (Fsp3) is 0.429. The lowest BCUT2D eigenvalue weighted by Crippen LogP contribution is -2.30. The second-order valence-corrected chi connectivity index (χ2v) is 7.49. The topological polar surface area (TPSA) is 81.9 Å². The number of aryl methyl sites for hydroxylation is 2. The number of amides is 1. The van der Waals surface area contributed by atoms with Crippen LogP contribution in [0.25, 0.3) is 5.78 Å². The molecule has 0 saturated carbocycles. The molecule has 1 atom stereocenters. The van der Waals surface area contributed by atoms with Crippen molar-refractivity contribution in [1.29, 1.82) is 0 Å². The average molecular weight is 395 g/mol. The lowest BCUT2D eigenvalue weighted by atomic mass is 9.98. The minimum Gasteiger partial charge on any atom is -0.493 e. The van der Waals surface area contributed by atoms with Gasteiger partial charge in [-0.25, -0.2) is 9.50 Å². The Kier molecular flexibility index (Phi) is 5.08. The number of benzene rings is 1. The molecule has 0 spiro atoms. The van der Waals surface area contributed by atoms with Gasteiger partial charge in [0, 0.05) is 24.5 Å². The highest BCUT2D eigenvalue weighted by Gasteiger charge is 2.29. The van der Waals surface area contributed by atoms with Crippen molar-refractivity contribution < 1.29 is 14.3 Å². The third-order valence-corrected chi connectivity index (χ3v) is 5.35. The van der Waals surface area contributed by atoms with Gasteiger partial charge in [-0.3, -0.25) is 4.79 Å². The van der Waals surface area contributed by atoms with Crippen LogP contribution in [-0.2, 0) is 6.42 Å². The van der Waals surface area contributed by atoms with Crippen molar-refractivity contribution in [3.8, 4) is 11.5 Å². The smallest absolute Gasteiger partial charge is 0.293 e. The van der Waals surface area contributed by atoms with E-state index in [4.69, 9.17) is 9.47 Å². The normalized spacial score (nSPS) is 16.4. The van der Waals surface area contributed by atoms with Crippen LogP contribution >= 0.6 is 0 Å². The van der Waals surface area contributed by atoms with Crippen LogP contribution < -0.4 is 9.47 Å². The first-order valence-corrected chi connectivity index (χ1v) is 9.69. The van der Waals surface area contributed by atoms with Crippen LogP contribution in [0.2, 0.25) is 0 Å². The maximum absolute atomic E-state index is 12.9. The van der Waals surface area contributed by atoms with Gasteiger partial charge in [-0.15, -0.1) is 5.10 Å². The van der Waals surface area contributed by atoms with E-state index in [-0.39, 0.29) is 11.7 Å². The van der Waals surface area contributed by atoms with Gasteiger partial charge < -0.3 is 14.4 Å². The summed E-state index contributed by atoms with van der Waals surface area (Å²) in [6, 6.07) is 7.89. The summed E-state index contributed by atoms with van der Waals surface area (Å²) in [5.74, 6) is 2.36. The number of hydrogen-bond acceptors (Lipinski definition) is 6. The molecule has 1 fully saturated rings. The average Bonchev–Trinajstić information content (AvgIpc) is 3.34. The Bertz CT molecular complexity index is 1060. The maximum atomic E-state index is 12.9. The first-order valence-electron chi connectivity index (χ1n) is 9.69. The summed E-state index contributed by atoms with van der Waals surface area (Å²) in [6.07, 6.45) is 1.83. The summed E-state index contributed by atoms with van der Waals surface area (Å²) in [7, 11) is 3.27. The van der Waals surface area contributed by atoms with Crippen LogP contribution in [0.5, 0.6) is 11.5 Å². The predicted molar refractivity (Wildman–Crippen MR) is 108 cm³/mol. The van der Waals surface area contributed by atoms with Crippen LogP contribution in [0, 0.1) is 19.8 Å². The summed E-state index contributed by atoms with van der Waals surface area (Å²) in [5, 5.41) is 4.37. The first kappa shape index (κ1) is 19.2. The molecule has 0 aliphatic carbocycles. The molecular weight excluding hydrogens is 370 g/mol. The number of hydrogen-bond donors (Lipinski definition) is 0. The van der Waals surface area contributed by atoms with E-state index in [2.05, 4.69) is 15.1 Å². The van der Waals surface area contributed by atoms with E-state index in [0.717, 1.165) is 35.7 Å². The molecule has 152 valence electrons. The van der Waals surface area contributed by atoms with Crippen LogP contribution in [0.1, 0.15) is 34.0 Å². The molecule has 3 aromatic rings. The van der Waals surface area contributed by atoms with Crippen molar-refractivity contribution in [3.63, 3.8) is 0 Å². The number of nitrogens with zero attached hydrogens (tertiary/aromatic N) is 5. The Morgan fingerprint density at radius 3 is 2.69 bits per heavy atom. The van der Waals surface area contributed by atoms with Crippen LogP contribution in [0.3, 0.4) is 0 Å². The molecular formula is C21H25N5O3. The Morgan fingerprint density at radius 2 is 1.93 bits per heavy atom. The van der Waals surface area contributed by atoms with Crippen molar-refractivity contribution in [1.82, 2.24) is 24.5 Å². The van der Waals surface area contributed by atoms with Crippen LogP contribution in [0.4, 0.5) is 0 Å². The first-order chi connectivity index (χ1) is 14.0. The Morgan fingerprint density at radius 1 is 1.14 bits per heavy atom. The number of likely N-dealkylation sites (tertiary alicyclic amines) is 1. The van der Waals surface area contributed by atoms with Gasteiger partial charge in [0.05, 0.1) is 14.2 Å². The minimum atomic E-state index is -0.137. The number of ether oxygens (including phenoxy) is 2. The second-order valence-electron chi connectivity index (χ2n) is 7.49. The molecule has 1 aromatic carbocycles. The quantitative estimate of drug-likeness (QED) is 0.660. The van der Waals surface area contributed by atoms with E-state index >= 15 is 0 Å². The van der Waals surface area contributed by atoms with Crippen molar-refractivity contribution >= 4 is 11.7 Å². The van der Waals surface area contributed by atoms with Crippen LogP contribution in [0.15, 0.2) is 24.3 Å². The molecule has 8 heteroatoms. The Balaban J connectivity index is 1.46. The van der Waals surface area contributed by atoms with Gasteiger partial charge in [-0.05, 0) is 56.4 Å². The van der Waals surface area contributed by atoms with E-state index in [1.807, 2.05) is 43.0 Å². The molecule has 0 radical (unpaired) electrons. The number of carbonyl (C=O) groups is 1. The molecule has 1 aliphatic heterocycles. The van der Waals surface area contributed by atoms with Gasteiger partial charge in [0.2, 0.25) is 5.82 Å². The lowest BCUT2D eigenvalue weighted by Gasteiger charge is -2.15. The highest BCUT2D eigenvalue weighted by Crippen LogP contribution is 2.30. The number of methoxy groups -OCH3 is 2. The van der Waals surface area contributed by atoms with E-state index in [1.165, 1.54) is 5.56 Å². The number of carbonyl (C=O) groups excluding carboxylic acids is 1. The van der Waals surface area contributed by atoms with Gasteiger partial charge in [0.15, 0.2) is 11.5 Å². The summed E-state index contributed by atoms with van der Waals surface area (Å²) in [4.78, 5) is 23.5.